The Balaban J connectivity index is 1.70. The summed E-state index contributed by atoms with van der Waals surface area (Å²) in [6.07, 6.45) is 2.03. The van der Waals surface area contributed by atoms with Gasteiger partial charge in [0.25, 0.3) is 0 Å². The number of likely N-dealkylation sites (tertiary alicyclic amines) is 1. The molecule has 1 heterocycles. The number of hydrogen-bond donors (Lipinski definition) is 1. The first-order chi connectivity index (χ1) is 10.8. The molecular weight excluding hydrogens is 274 g/mol. The highest BCUT2D eigenvalue weighted by molar-refractivity contribution is 5.75. The van der Waals surface area contributed by atoms with Crippen LogP contribution in [0.5, 0.6) is 0 Å². The van der Waals surface area contributed by atoms with E-state index in [1.807, 2.05) is 36.4 Å². The monoisotopic (exact) mass is 295 g/mol. The van der Waals surface area contributed by atoms with Gasteiger partial charge in [-0.05, 0) is 43.0 Å². The summed E-state index contributed by atoms with van der Waals surface area (Å²) in [6, 6.07) is 19.5. The summed E-state index contributed by atoms with van der Waals surface area (Å²) in [6.45, 7) is 1.65. The second-order valence-corrected chi connectivity index (χ2v) is 5.87. The SMILES string of the molecule is O=C(O)C(c1ccccc1)N1CCC(c2ccccc2)CC1. The molecule has 1 N–H and O–H groups in total. The zero-order valence-corrected chi connectivity index (χ0v) is 12.6. The first kappa shape index (κ1) is 14.8. The van der Waals surface area contributed by atoms with Gasteiger partial charge in [-0.25, -0.2) is 0 Å². The highest BCUT2D eigenvalue weighted by Crippen LogP contribution is 2.32. The molecule has 1 fully saturated rings. The van der Waals surface area contributed by atoms with Crippen LogP contribution >= 0.6 is 0 Å². The van der Waals surface area contributed by atoms with Gasteiger partial charge in [0.2, 0.25) is 0 Å². The van der Waals surface area contributed by atoms with Crippen LogP contribution in [0.1, 0.15) is 35.9 Å². The lowest BCUT2D eigenvalue weighted by Gasteiger charge is -2.36. The fraction of sp³-hybridized carbons (Fsp3) is 0.316. The van der Waals surface area contributed by atoms with Crippen molar-refractivity contribution in [1.82, 2.24) is 4.90 Å². The smallest absolute Gasteiger partial charge is 0.325 e. The maximum atomic E-state index is 11.7. The van der Waals surface area contributed by atoms with E-state index in [2.05, 4.69) is 29.2 Å². The lowest BCUT2D eigenvalue weighted by Crippen LogP contribution is -2.39. The number of piperidine rings is 1. The van der Waals surface area contributed by atoms with Gasteiger partial charge in [0.05, 0.1) is 0 Å². The largest absolute Gasteiger partial charge is 0.480 e. The van der Waals surface area contributed by atoms with E-state index in [4.69, 9.17) is 0 Å². The Bertz CT molecular complexity index is 604. The van der Waals surface area contributed by atoms with Crippen LogP contribution in [0.3, 0.4) is 0 Å². The van der Waals surface area contributed by atoms with E-state index in [1.165, 1.54) is 5.56 Å². The van der Waals surface area contributed by atoms with Crippen molar-refractivity contribution in [2.24, 2.45) is 0 Å². The number of carboxylic acids is 1. The van der Waals surface area contributed by atoms with Gasteiger partial charge in [-0.2, -0.15) is 0 Å². The molecule has 0 aliphatic carbocycles. The molecule has 1 aliphatic heterocycles. The summed E-state index contributed by atoms with van der Waals surface area (Å²) < 4.78 is 0. The van der Waals surface area contributed by atoms with E-state index in [0.717, 1.165) is 31.5 Å². The van der Waals surface area contributed by atoms with Crippen LogP contribution in [0.15, 0.2) is 60.7 Å². The number of aliphatic carboxylic acids is 1. The molecule has 22 heavy (non-hydrogen) atoms. The molecule has 2 aromatic carbocycles. The molecule has 1 unspecified atom stereocenters. The van der Waals surface area contributed by atoms with Crippen molar-refractivity contribution < 1.29 is 9.90 Å². The molecule has 1 aliphatic rings. The average molecular weight is 295 g/mol. The molecule has 0 spiro atoms. The third kappa shape index (κ3) is 3.20. The van der Waals surface area contributed by atoms with Crippen LogP contribution < -0.4 is 0 Å². The molecule has 2 aromatic rings. The minimum atomic E-state index is -0.760. The van der Waals surface area contributed by atoms with Crippen molar-refractivity contribution in [3.8, 4) is 0 Å². The van der Waals surface area contributed by atoms with Crippen molar-refractivity contribution in [2.45, 2.75) is 24.8 Å². The second-order valence-electron chi connectivity index (χ2n) is 5.87. The van der Waals surface area contributed by atoms with E-state index in [-0.39, 0.29) is 0 Å². The number of rotatable bonds is 4. The Morgan fingerprint density at radius 2 is 1.50 bits per heavy atom. The molecule has 0 saturated carbocycles. The van der Waals surface area contributed by atoms with Gasteiger partial charge in [-0.1, -0.05) is 60.7 Å². The normalized spacial score (nSPS) is 18.0. The molecule has 0 amide bonds. The summed E-state index contributed by atoms with van der Waals surface area (Å²) in [5.41, 5.74) is 2.24. The summed E-state index contributed by atoms with van der Waals surface area (Å²) in [4.78, 5) is 13.8. The van der Waals surface area contributed by atoms with Crippen molar-refractivity contribution in [3.63, 3.8) is 0 Å². The lowest BCUT2D eigenvalue weighted by atomic mass is 9.88. The number of carboxylic acid groups (broad SMARTS) is 1. The quantitative estimate of drug-likeness (QED) is 0.935. The molecule has 0 radical (unpaired) electrons. The molecule has 114 valence electrons. The Kier molecular flexibility index (Phi) is 4.54. The number of carbonyl (C=O) groups is 1. The lowest BCUT2D eigenvalue weighted by molar-refractivity contribution is -0.144. The molecule has 1 saturated heterocycles. The zero-order valence-electron chi connectivity index (χ0n) is 12.6. The fourth-order valence-electron chi connectivity index (χ4n) is 3.36. The van der Waals surface area contributed by atoms with Gasteiger partial charge in [-0.3, -0.25) is 9.69 Å². The maximum absolute atomic E-state index is 11.7. The molecule has 0 bridgehead atoms. The summed E-state index contributed by atoms with van der Waals surface area (Å²) in [5, 5.41) is 9.62. The van der Waals surface area contributed by atoms with Crippen LogP contribution in [-0.4, -0.2) is 29.1 Å². The summed E-state index contributed by atoms with van der Waals surface area (Å²) in [7, 11) is 0. The number of hydrogen-bond acceptors (Lipinski definition) is 2. The Hall–Kier alpha value is -2.13. The standard InChI is InChI=1S/C19H21NO2/c21-19(22)18(17-9-5-2-6-10-17)20-13-11-16(12-14-20)15-7-3-1-4-8-15/h1-10,16,18H,11-14H2,(H,21,22). The van der Waals surface area contributed by atoms with Gasteiger partial charge in [0.1, 0.15) is 6.04 Å². The van der Waals surface area contributed by atoms with Crippen molar-refractivity contribution >= 4 is 5.97 Å². The Morgan fingerprint density at radius 1 is 0.955 bits per heavy atom. The molecule has 3 heteroatoms. The van der Waals surface area contributed by atoms with Crippen LogP contribution in [0.4, 0.5) is 0 Å². The van der Waals surface area contributed by atoms with E-state index in [0.29, 0.717) is 5.92 Å². The molecule has 3 rings (SSSR count). The third-order valence-electron chi connectivity index (χ3n) is 4.51. The van der Waals surface area contributed by atoms with E-state index in [1.54, 1.807) is 0 Å². The Morgan fingerprint density at radius 3 is 2.05 bits per heavy atom. The van der Waals surface area contributed by atoms with Crippen LogP contribution in [0, 0.1) is 0 Å². The molecule has 3 nitrogen and oxygen atoms in total. The first-order valence-electron chi connectivity index (χ1n) is 7.82. The van der Waals surface area contributed by atoms with E-state index < -0.39 is 12.0 Å². The van der Waals surface area contributed by atoms with Crippen LogP contribution in [0.2, 0.25) is 0 Å². The van der Waals surface area contributed by atoms with E-state index >= 15 is 0 Å². The first-order valence-corrected chi connectivity index (χ1v) is 7.82. The van der Waals surface area contributed by atoms with Gasteiger partial charge < -0.3 is 5.11 Å². The predicted molar refractivity (Wildman–Crippen MR) is 86.8 cm³/mol. The van der Waals surface area contributed by atoms with Crippen molar-refractivity contribution in [3.05, 3.63) is 71.8 Å². The molecule has 0 aromatic heterocycles. The molecular formula is C19H21NO2. The van der Waals surface area contributed by atoms with Gasteiger partial charge in [0.15, 0.2) is 0 Å². The Labute approximate surface area is 131 Å². The maximum Gasteiger partial charge on any atom is 0.325 e. The van der Waals surface area contributed by atoms with Crippen molar-refractivity contribution in [1.29, 1.82) is 0 Å². The summed E-state index contributed by atoms with van der Waals surface area (Å²) >= 11 is 0. The minimum Gasteiger partial charge on any atom is -0.480 e. The van der Waals surface area contributed by atoms with Gasteiger partial charge >= 0.3 is 5.97 Å². The van der Waals surface area contributed by atoms with E-state index in [9.17, 15) is 9.90 Å². The predicted octanol–water partition coefficient (Wildman–Crippen LogP) is 3.69. The van der Waals surface area contributed by atoms with Crippen LogP contribution in [0.25, 0.3) is 0 Å². The highest BCUT2D eigenvalue weighted by atomic mass is 16.4. The number of benzene rings is 2. The third-order valence-corrected chi connectivity index (χ3v) is 4.51. The highest BCUT2D eigenvalue weighted by Gasteiger charge is 2.31. The minimum absolute atomic E-state index is 0.530. The molecule has 1 atom stereocenters. The van der Waals surface area contributed by atoms with Crippen molar-refractivity contribution in [2.75, 3.05) is 13.1 Å². The van der Waals surface area contributed by atoms with Gasteiger partial charge in [-0.15, -0.1) is 0 Å². The topological polar surface area (TPSA) is 40.5 Å². The average Bonchev–Trinajstić information content (AvgIpc) is 2.57. The van der Waals surface area contributed by atoms with Crippen LogP contribution in [-0.2, 0) is 4.79 Å². The zero-order chi connectivity index (χ0) is 15.4. The fourth-order valence-corrected chi connectivity index (χ4v) is 3.36. The number of nitrogens with zero attached hydrogens (tertiary/aromatic N) is 1. The second kappa shape index (κ2) is 6.75. The summed E-state index contributed by atoms with van der Waals surface area (Å²) in [5.74, 6) is -0.216. The van der Waals surface area contributed by atoms with Gasteiger partial charge in [0, 0.05) is 0 Å².